The minimum atomic E-state index is -0.551. The van der Waals surface area contributed by atoms with Crippen LogP contribution < -0.4 is 4.74 Å². The van der Waals surface area contributed by atoms with E-state index in [1.807, 2.05) is 37.3 Å². The van der Waals surface area contributed by atoms with Crippen molar-refractivity contribution in [2.24, 2.45) is 11.3 Å². The number of methoxy groups -OCH3 is 1. The van der Waals surface area contributed by atoms with Gasteiger partial charge in [-0.25, -0.2) is 0 Å². The first-order valence-electron chi connectivity index (χ1n) is 9.48. The van der Waals surface area contributed by atoms with Crippen LogP contribution in [0.1, 0.15) is 43.2 Å². The highest BCUT2D eigenvalue weighted by atomic mass is 16.5. The number of benzene rings is 2. The molecule has 1 aliphatic rings. The van der Waals surface area contributed by atoms with Gasteiger partial charge in [0.15, 0.2) is 0 Å². The number of hydrogen-bond donors (Lipinski definition) is 0. The van der Waals surface area contributed by atoms with Crippen LogP contribution in [0.3, 0.4) is 0 Å². The van der Waals surface area contributed by atoms with Crippen LogP contribution in [-0.4, -0.2) is 23.9 Å². The summed E-state index contributed by atoms with van der Waals surface area (Å²) in [5, 5.41) is 0. The third kappa shape index (κ3) is 4.01. The average Bonchev–Trinajstić information content (AvgIpc) is 2.70. The van der Waals surface area contributed by atoms with Crippen molar-refractivity contribution in [3.05, 3.63) is 71.3 Å². The van der Waals surface area contributed by atoms with E-state index in [9.17, 15) is 4.79 Å². The van der Waals surface area contributed by atoms with Gasteiger partial charge in [0.25, 0.3) is 0 Å². The Labute approximate surface area is 160 Å². The summed E-state index contributed by atoms with van der Waals surface area (Å²) in [6, 6.07) is 18.5. The molecule has 0 heterocycles. The molecule has 0 saturated heterocycles. The van der Waals surface area contributed by atoms with Crippen molar-refractivity contribution in [2.75, 3.05) is 7.11 Å². The second-order valence-corrected chi connectivity index (χ2v) is 7.59. The number of ether oxygens (including phenoxy) is 1. The molecule has 1 aliphatic carbocycles. The Morgan fingerprint density at radius 2 is 1.93 bits per heavy atom. The van der Waals surface area contributed by atoms with Gasteiger partial charge < -0.3 is 10.3 Å². The molecule has 0 bridgehead atoms. The molecule has 2 aromatic carbocycles. The van der Waals surface area contributed by atoms with Crippen molar-refractivity contribution in [2.45, 2.75) is 38.5 Å². The zero-order chi connectivity index (χ0) is 19.3. The molecule has 140 valence electrons. The number of carbonyl (C=O) groups is 1. The molecule has 2 aromatic rings. The molecule has 4 heteroatoms. The molecule has 0 aromatic heterocycles. The Kier molecular flexibility index (Phi) is 5.88. The fourth-order valence-corrected chi connectivity index (χ4v) is 4.51. The number of carbonyl (C=O) groups excluding carboxylic acids is 1. The molecule has 0 aliphatic heterocycles. The number of ketones is 1. The van der Waals surface area contributed by atoms with Gasteiger partial charge in [-0.05, 0) is 54.4 Å². The largest absolute Gasteiger partial charge is 0.497 e. The van der Waals surface area contributed by atoms with Crippen LogP contribution in [0.25, 0.3) is 5.53 Å². The van der Waals surface area contributed by atoms with Crippen LogP contribution in [0.5, 0.6) is 5.75 Å². The van der Waals surface area contributed by atoms with Gasteiger partial charge in [-0.1, -0.05) is 55.8 Å². The number of hydrogen-bond acceptors (Lipinski definition) is 2. The first-order chi connectivity index (χ1) is 13.1. The molecular formula is C23H26N2O2. The number of Topliss-reactive ketones (excluding diaryl/α,β-unsaturated/α-hetero) is 1. The fraction of sp³-hybridized carbons (Fsp3) is 0.391. The predicted octanol–water partition coefficient (Wildman–Crippen LogP) is 4.70. The lowest BCUT2D eigenvalue weighted by Crippen LogP contribution is -2.44. The van der Waals surface area contributed by atoms with E-state index in [2.05, 4.69) is 29.1 Å². The highest BCUT2D eigenvalue weighted by Gasteiger charge is 2.48. The smallest absolute Gasteiger partial charge is 0.323 e. The van der Waals surface area contributed by atoms with E-state index in [4.69, 9.17) is 10.3 Å². The average molecular weight is 362 g/mol. The van der Waals surface area contributed by atoms with Crippen LogP contribution in [0.15, 0.2) is 54.6 Å². The molecule has 4 nitrogen and oxygen atoms in total. The quantitative estimate of drug-likeness (QED) is 0.425. The van der Waals surface area contributed by atoms with Gasteiger partial charge >= 0.3 is 6.21 Å². The summed E-state index contributed by atoms with van der Waals surface area (Å²) >= 11 is 0. The van der Waals surface area contributed by atoms with Crippen molar-refractivity contribution < 1.29 is 14.3 Å². The van der Waals surface area contributed by atoms with Crippen LogP contribution >= 0.6 is 0 Å². The van der Waals surface area contributed by atoms with Gasteiger partial charge in [0, 0.05) is 5.41 Å². The van der Waals surface area contributed by atoms with Gasteiger partial charge in [-0.2, -0.15) is 4.79 Å². The molecule has 3 rings (SSSR count). The molecule has 3 atom stereocenters. The minimum absolute atomic E-state index is 0.0934. The molecule has 0 unspecified atom stereocenters. The van der Waals surface area contributed by atoms with Crippen LogP contribution in [0.4, 0.5) is 0 Å². The maximum Gasteiger partial charge on any atom is 0.323 e. The van der Waals surface area contributed by atoms with E-state index < -0.39 is 5.41 Å². The first-order valence-corrected chi connectivity index (χ1v) is 9.48. The topological polar surface area (TPSA) is 62.7 Å². The maximum absolute atomic E-state index is 12.9. The molecule has 1 saturated carbocycles. The van der Waals surface area contributed by atoms with E-state index >= 15 is 0 Å². The lowest BCUT2D eigenvalue weighted by molar-refractivity contribution is -0.129. The lowest BCUT2D eigenvalue weighted by atomic mass is 9.58. The lowest BCUT2D eigenvalue weighted by Gasteiger charge is -2.44. The Morgan fingerprint density at radius 1 is 1.22 bits per heavy atom. The molecule has 27 heavy (non-hydrogen) atoms. The highest BCUT2D eigenvalue weighted by molar-refractivity contribution is 6.27. The predicted molar refractivity (Wildman–Crippen MR) is 106 cm³/mol. The van der Waals surface area contributed by atoms with E-state index in [0.717, 1.165) is 37.6 Å². The summed E-state index contributed by atoms with van der Waals surface area (Å²) in [6.45, 7) is 2.03. The van der Waals surface area contributed by atoms with E-state index in [0.29, 0.717) is 0 Å². The second kappa shape index (κ2) is 8.32. The van der Waals surface area contributed by atoms with Crippen molar-refractivity contribution in [1.29, 1.82) is 0 Å². The van der Waals surface area contributed by atoms with Gasteiger partial charge in [-0.15, -0.1) is 0 Å². The number of rotatable bonds is 6. The highest BCUT2D eigenvalue weighted by Crippen LogP contribution is 2.50. The monoisotopic (exact) mass is 362 g/mol. The van der Waals surface area contributed by atoms with E-state index in [1.54, 1.807) is 7.11 Å². The Morgan fingerprint density at radius 3 is 2.56 bits per heavy atom. The van der Waals surface area contributed by atoms with E-state index in [-0.39, 0.29) is 17.6 Å². The number of nitrogens with zero attached hydrogens (tertiary/aromatic N) is 2. The Balaban J connectivity index is 2.00. The summed E-state index contributed by atoms with van der Waals surface area (Å²) in [6.07, 6.45) is 4.72. The molecule has 0 N–H and O–H groups in total. The van der Waals surface area contributed by atoms with Crippen LogP contribution in [0, 0.1) is 11.3 Å². The van der Waals surface area contributed by atoms with Gasteiger partial charge in [-0.3, -0.25) is 4.79 Å². The van der Waals surface area contributed by atoms with Crippen LogP contribution in [0.2, 0.25) is 0 Å². The van der Waals surface area contributed by atoms with Gasteiger partial charge in [0.2, 0.25) is 5.78 Å². The Bertz CT molecular complexity index is 825. The van der Waals surface area contributed by atoms with Gasteiger partial charge in [0.05, 0.1) is 7.11 Å². The Hall–Kier alpha value is -2.71. The summed E-state index contributed by atoms with van der Waals surface area (Å²) < 4.78 is 5.29. The zero-order valence-corrected chi connectivity index (χ0v) is 16.0. The minimum Gasteiger partial charge on any atom is -0.497 e. The molecule has 0 amide bonds. The summed E-state index contributed by atoms with van der Waals surface area (Å²) in [5.41, 5.74) is 10.8. The summed E-state index contributed by atoms with van der Waals surface area (Å²) in [4.78, 5) is 15.9. The normalized spacial score (nSPS) is 24.7. The molecule has 0 radical (unpaired) electrons. The fourth-order valence-electron chi connectivity index (χ4n) is 4.51. The van der Waals surface area contributed by atoms with E-state index in [1.165, 1.54) is 11.1 Å². The SMILES string of the molecule is COc1ccc([C@H]2CCC[C@](C)(C(=O)C=[N+]=[N-])[C@@H]2Cc2ccccc2)cc1. The molecule has 1 fully saturated rings. The van der Waals surface area contributed by atoms with Gasteiger partial charge in [0.1, 0.15) is 5.75 Å². The summed E-state index contributed by atoms with van der Waals surface area (Å²) in [5.74, 6) is 1.14. The third-order valence-corrected chi connectivity index (χ3v) is 6.10. The second-order valence-electron chi connectivity index (χ2n) is 7.59. The van der Waals surface area contributed by atoms with Crippen LogP contribution in [-0.2, 0) is 11.2 Å². The molecule has 0 spiro atoms. The molecular weight excluding hydrogens is 336 g/mol. The van der Waals surface area contributed by atoms with Crippen molar-refractivity contribution >= 4 is 12.0 Å². The summed E-state index contributed by atoms with van der Waals surface area (Å²) in [7, 11) is 1.66. The van der Waals surface area contributed by atoms with Crippen molar-refractivity contribution in [1.82, 2.24) is 0 Å². The van der Waals surface area contributed by atoms with Crippen molar-refractivity contribution in [3.63, 3.8) is 0 Å². The third-order valence-electron chi connectivity index (χ3n) is 6.10. The standard InChI is InChI=1S/C23H26N2O2/c1-23(22(26)16-25-24)14-6-9-20(18-10-12-19(27-2)13-11-18)21(23)15-17-7-4-3-5-8-17/h3-5,7-8,10-13,16,20-21H,6,9,14-15H2,1-2H3/t20-,21-,23+/m1/s1. The van der Waals surface area contributed by atoms with Crippen molar-refractivity contribution in [3.8, 4) is 5.75 Å². The maximum atomic E-state index is 12.9. The first kappa shape index (κ1) is 19.1. The zero-order valence-electron chi connectivity index (χ0n) is 16.0.